The summed E-state index contributed by atoms with van der Waals surface area (Å²) in [5.74, 6) is -0.846. The van der Waals surface area contributed by atoms with Gasteiger partial charge in [-0.05, 0) is 33.4 Å². The van der Waals surface area contributed by atoms with Crippen LogP contribution in [0.4, 0.5) is 0 Å². The zero-order valence-corrected chi connectivity index (χ0v) is 9.16. The Balaban J connectivity index is 3.93. The summed E-state index contributed by atoms with van der Waals surface area (Å²) in [5.41, 5.74) is 0.397. The molecule has 14 heavy (non-hydrogen) atoms. The maximum atomic E-state index is 10.4. The maximum absolute atomic E-state index is 10.4. The zero-order valence-electron chi connectivity index (χ0n) is 9.16. The Hall–Kier alpha value is -1.25. The van der Waals surface area contributed by atoms with Crippen molar-refractivity contribution in [2.45, 2.75) is 27.2 Å². The predicted octanol–water partition coefficient (Wildman–Crippen LogP) is 2.26. The van der Waals surface area contributed by atoms with Crippen LogP contribution in [0.5, 0.6) is 0 Å². The van der Waals surface area contributed by atoms with Gasteiger partial charge in [0.25, 0.3) is 0 Å². The number of carbonyl (C=O) groups is 1. The molecular weight excluding hydrogens is 178 g/mol. The van der Waals surface area contributed by atoms with Crippen molar-refractivity contribution in [3.05, 3.63) is 23.9 Å². The van der Waals surface area contributed by atoms with E-state index in [-0.39, 0.29) is 0 Å². The molecule has 0 amide bonds. The summed E-state index contributed by atoms with van der Waals surface area (Å²) in [7, 11) is 0. The van der Waals surface area contributed by atoms with Gasteiger partial charge in [-0.1, -0.05) is 12.2 Å². The summed E-state index contributed by atoms with van der Waals surface area (Å²) in [6, 6.07) is 0. The summed E-state index contributed by atoms with van der Waals surface area (Å²) in [6.07, 6.45) is 6.36. The van der Waals surface area contributed by atoms with Gasteiger partial charge in [0.15, 0.2) is 0 Å². The Labute approximate surface area is 85.7 Å². The fourth-order valence-corrected chi connectivity index (χ4v) is 0.976. The largest absolute Gasteiger partial charge is 0.478 e. The van der Waals surface area contributed by atoms with Crippen molar-refractivity contribution in [2.75, 3.05) is 13.1 Å². The second-order valence-electron chi connectivity index (χ2n) is 3.03. The van der Waals surface area contributed by atoms with E-state index in [0.29, 0.717) is 12.0 Å². The molecule has 0 heterocycles. The zero-order chi connectivity index (χ0) is 11.0. The minimum absolute atomic E-state index is 0.397. The van der Waals surface area contributed by atoms with Crippen molar-refractivity contribution in [1.29, 1.82) is 0 Å². The average molecular weight is 197 g/mol. The standard InChI is InChI=1S/C11H19NO2/c1-4-12(5-2)9-7-6-8-10(3)11(13)14/h7-9H,4-6H2,1-3H3,(H,13,14). The third-order valence-corrected chi connectivity index (χ3v) is 2.03. The van der Waals surface area contributed by atoms with E-state index < -0.39 is 5.97 Å². The van der Waals surface area contributed by atoms with Crippen molar-refractivity contribution in [3.8, 4) is 0 Å². The number of allylic oxidation sites excluding steroid dienone is 2. The molecule has 0 bridgehead atoms. The molecule has 0 radical (unpaired) electrons. The van der Waals surface area contributed by atoms with Crippen molar-refractivity contribution in [1.82, 2.24) is 4.90 Å². The highest BCUT2D eigenvalue weighted by Gasteiger charge is 1.96. The smallest absolute Gasteiger partial charge is 0.330 e. The lowest BCUT2D eigenvalue weighted by Gasteiger charge is -2.14. The Kier molecular flexibility index (Phi) is 6.54. The molecule has 0 aliphatic rings. The number of carboxylic acids is 1. The predicted molar refractivity (Wildman–Crippen MR) is 58.1 cm³/mol. The summed E-state index contributed by atoms with van der Waals surface area (Å²) < 4.78 is 0. The summed E-state index contributed by atoms with van der Waals surface area (Å²) in [5, 5.41) is 8.58. The average Bonchev–Trinajstić information content (AvgIpc) is 2.17. The molecule has 0 saturated heterocycles. The molecule has 80 valence electrons. The van der Waals surface area contributed by atoms with Crippen LogP contribution in [0.2, 0.25) is 0 Å². The van der Waals surface area contributed by atoms with Gasteiger partial charge in [-0.25, -0.2) is 4.79 Å². The molecule has 0 rings (SSSR count). The molecule has 1 N–H and O–H groups in total. The topological polar surface area (TPSA) is 40.5 Å². The second-order valence-corrected chi connectivity index (χ2v) is 3.03. The van der Waals surface area contributed by atoms with Gasteiger partial charge >= 0.3 is 5.97 Å². The minimum Gasteiger partial charge on any atom is -0.478 e. The van der Waals surface area contributed by atoms with Gasteiger partial charge in [0.1, 0.15) is 0 Å². The second kappa shape index (κ2) is 7.18. The third kappa shape index (κ3) is 5.41. The monoisotopic (exact) mass is 197 g/mol. The van der Waals surface area contributed by atoms with E-state index in [2.05, 4.69) is 18.7 Å². The Morgan fingerprint density at radius 2 is 1.93 bits per heavy atom. The van der Waals surface area contributed by atoms with E-state index in [4.69, 9.17) is 5.11 Å². The fourth-order valence-electron chi connectivity index (χ4n) is 0.976. The molecule has 0 atom stereocenters. The van der Waals surface area contributed by atoms with Crippen LogP contribution in [0.15, 0.2) is 23.9 Å². The first-order valence-electron chi connectivity index (χ1n) is 4.92. The van der Waals surface area contributed by atoms with Gasteiger partial charge in [0, 0.05) is 18.7 Å². The van der Waals surface area contributed by atoms with Crippen LogP contribution in [-0.2, 0) is 4.79 Å². The molecule has 0 fully saturated rings. The molecule has 0 aromatic heterocycles. The van der Waals surface area contributed by atoms with Crippen molar-refractivity contribution in [3.63, 3.8) is 0 Å². The van der Waals surface area contributed by atoms with E-state index >= 15 is 0 Å². The number of hydrogen-bond donors (Lipinski definition) is 1. The SMILES string of the molecule is CCN(C=CCC=C(C)C(=O)O)CC. The molecule has 0 spiro atoms. The lowest BCUT2D eigenvalue weighted by Crippen LogP contribution is -2.14. The van der Waals surface area contributed by atoms with Gasteiger partial charge in [-0.15, -0.1) is 0 Å². The third-order valence-electron chi connectivity index (χ3n) is 2.03. The van der Waals surface area contributed by atoms with Crippen LogP contribution in [0, 0.1) is 0 Å². The minimum atomic E-state index is -0.846. The van der Waals surface area contributed by atoms with E-state index in [1.807, 2.05) is 12.3 Å². The number of nitrogens with zero attached hydrogens (tertiary/aromatic N) is 1. The van der Waals surface area contributed by atoms with Crippen LogP contribution in [0.25, 0.3) is 0 Å². The lowest BCUT2D eigenvalue weighted by atomic mass is 10.2. The Bertz CT molecular complexity index is 227. The van der Waals surface area contributed by atoms with Gasteiger partial charge in [0.05, 0.1) is 0 Å². The van der Waals surface area contributed by atoms with E-state index in [9.17, 15) is 4.79 Å². The lowest BCUT2D eigenvalue weighted by molar-refractivity contribution is -0.132. The van der Waals surface area contributed by atoms with Crippen LogP contribution in [0.1, 0.15) is 27.2 Å². The first-order chi connectivity index (χ1) is 6.61. The number of carboxylic acid groups (broad SMARTS) is 1. The van der Waals surface area contributed by atoms with Crippen molar-refractivity contribution < 1.29 is 9.90 Å². The van der Waals surface area contributed by atoms with Gasteiger partial charge in [-0.3, -0.25) is 0 Å². The maximum Gasteiger partial charge on any atom is 0.330 e. The van der Waals surface area contributed by atoms with E-state index in [0.717, 1.165) is 13.1 Å². The van der Waals surface area contributed by atoms with Gasteiger partial charge in [-0.2, -0.15) is 0 Å². The van der Waals surface area contributed by atoms with Crippen LogP contribution >= 0.6 is 0 Å². The quantitative estimate of drug-likeness (QED) is 0.664. The van der Waals surface area contributed by atoms with E-state index in [1.165, 1.54) is 0 Å². The molecule has 0 aromatic carbocycles. The normalized spacial score (nSPS) is 12.1. The highest BCUT2D eigenvalue weighted by atomic mass is 16.4. The molecule has 0 saturated carbocycles. The van der Waals surface area contributed by atoms with Gasteiger partial charge < -0.3 is 10.0 Å². The van der Waals surface area contributed by atoms with E-state index in [1.54, 1.807) is 13.0 Å². The van der Waals surface area contributed by atoms with Crippen molar-refractivity contribution in [2.24, 2.45) is 0 Å². The molecule has 0 aliphatic heterocycles. The molecule has 0 aromatic rings. The van der Waals surface area contributed by atoms with Crippen molar-refractivity contribution >= 4 is 5.97 Å². The molecule has 3 heteroatoms. The summed E-state index contributed by atoms with van der Waals surface area (Å²) in [4.78, 5) is 12.6. The molecule has 0 aliphatic carbocycles. The molecule has 3 nitrogen and oxygen atoms in total. The number of rotatable bonds is 6. The summed E-state index contributed by atoms with van der Waals surface area (Å²) >= 11 is 0. The Morgan fingerprint density at radius 1 is 1.36 bits per heavy atom. The molecular formula is C11H19NO2. The fraction of sp³-hybridized carbons (Fsp3) is 0.545. The van der Waals surface area contributed by atoms with Crippen LogP contribution in [0.3, 0.4) is 0 Å². The molecule has 0 unspecified atom stereocenters. The highest BCUT2D eigenvalue weighted by molar-refractivity contribution is 5.85. The summed E-state index contributed by atoms with van der Waals surface area (Å²) in [6.45, 7) is 7.75. The first-order valence-corrected chi connectivity index (χ1v) is 4.92. The first kappa shape index (κ1) is 12.8. The number of aliphatic carboxylic acids is 1. The highest BCUT2D eigenvalue weighted by Crippen LogP contribution is 1.97. The Morgan fingerprint density at radius 3 is 2.36 bits per heavy atom. The van der Waals surface area contributed by atoms with Crippen LogP contribution in [-0.4, -0.2) is 29.1 Å². The van der Waals surface area contributed by atoms with Gasteiger partial charge in [0.2, 0.25) is 0 Å². The van der Waals surface area contributed by atoms with Crippen LogP contribution < -0.4 is 0 Å². The number of hydrogen-bond acceptors (Lipinski definition) is 2.